The smallest absolute Gasteiger partial charge is 0.0480 e. The number of rotatable bonds is 4. The van der Waals surface area contributed by atoms with Gasteiger partial charge in [0, 0.05) is 43.9 Å². The van der Waals surface area contributed by atoms with Crippen molar-refractivity contribution in [3.63, 3.8) is 0 Å². The maximum absolute atomic E-state index is 2.74. The summed E-state index contributed by atoms with van der Waals surface area (Å²) in [6, 6.07) is 10.1. The highest BCUT2D eigenvalue weighted by atomic mass is 15.3. The highest BCUT2D eigenvalue weighted by Crippen LogP contribution is 2.23. The lowest BCUT2D eigenvalue weighted by Gasteiger charge is -2.32. The molecule has 0 saturated carbocycles. The van der Waals surface area contributed by atoms with Crippen molar-refractivity contribution in [3.05, 3.63) is 36.0 Å². The Morgan fingerprint density at radius 3 is 2.74 bits per heavy atom. The lowest BCUT2D eigenvalue weighted by atomic mass is 10.1. The number of piperidine rings is 1. The molecule has 2 aromatic rings. The molecule has 2 aliphatic rings. The van der Waals surface area contributed by atoms with Gasteiger partial charge in [0.05, 0.1) is 0 Å². The van der Waals surface area contributed by atoms with Crippen molar-refractivity contribution in [2.45, 2.75) is 51.7 Å². The van der Waals surface area contributed by atoms with Gasteiger partial charge in [-0.25, -0.2) is 0 Å². The summed E-state index contributed by atoms with van der Waals surface area (Å²) in [6.07, 6.45) is 7.80. The zero-order valence-electron chi connectivity index (χ0n) is 14.4. The van der Waals surface area contributed by atoms with Gasteiger partial charge in [-0.15, -0.1) is 0 Å². The molecule has 0 bridgehead atoms. The third-order valence-electron chi connectivity index (χ3n) is 5.74. The average Bonchev–Trinajstić information content (AvgIpc) is 3.22. The lowest BCUT2D eigenvalue weighted by Crippen LogP contribution is -2.40. The van der Waals surface area contributed by atoms with E-state index in [9.17, 15) is 0 Å². The van der Waals surface area contributed by atoms with Gasteiger partial charge < -0.3 is 4.57 Å². The molecule has 2 aliphatic heterocycles. The van der Waals surface area contributed by atoms with Gasteiger partial charge in [0.1, 0.15) is 0 Å². The molecule has 3 heteroatoms. The minimum Gasteiger partial charge on any atom is -0.348 e. The van der Waals surface area contributed by atoms with E-state index in [0.29, 0.717) is 0 Å². The summed E-state index contributed by atoms with van der Waals surface area (Å²) in [4.78, 5) is 5.39. The fourth-order valence-corrected chi connectivity index (χ4v) is 4.42. The summed E-state index contributed by atoms with van der Waals surface area (Å²) in [5, 5.41) is 1.39. The van der Waals surface area contributed by atoms with E-state index < -0.39 is 0 Å². The number of benzene rings is 1. The van der Waals surface area contributed by atoms with Crippen LogP contribution in [0.15, 0.2) is 30.5 Å². The largest absolute Gasteiger partial charge is 0.348 e. The Kier molecular flexibility index (Phi) is 4.41. The molecule has 2 fully saturated rings. The van der Waals surface area contributed by atoms with Crippen LogP contribution in [0.5, 0.6) is 0 Å². The molecule has 4 rings (SSSR count). The van der Waals surface area contributed by atoms with Crippen molar-refractivity contribution in [2.24, 2.45) is 0 Å². The molecule has 1 aromatic carbocycles. The topological polar surface area (TPSA) is 11.4 Å². The van der Waals surface area contributed by atoms with Crippen LogP contribution < -0.4 is 0 Å². The third kappa shape index (κ3) is 3.17. The zero-order chi connectivity index (χ0) is 15.6. The molecule has 0 aliphatic carbocycles. The molecule has 0 N–H and O–H groups in total. The number of nitrogens with zero attached hydrogens (tertiary/aromatic N) is 3. The van der Waals surface area contributed by atoms with Gasteiger partial charge in [-0.05, 0) is 68.4 Å². The van der Waals surface area contributed by atoms with E-state index in [4.69, 9.17) is 0 Å². The van der Waals surface area contributed by atoms with Gasteiger partial charge in [-0.2, -0.15) is 0 Å². The molecule has 124 valence electrons. The third-order valence-corrected chi connectivity index (χ3v) is 5.74. The number of likely N-dealkylation sites (tertiary alicyclic amines) is 2. The van der Waals surface area contributed by atoms with Crippen molar-refractivity contribution in [3.8, 4) is 0 Å². The van der Waals surface area contributed by atoms with Crippen LogP contribution in [0, 0.1) is 0 Å². The summed E-state index contributed by atoms with van der Waals surface area (Å²) in [5.74, 6) is 0. The summed E-state index contributed by atoms with van der Waals surface area (Å²) in [5.41, 5.74) is 2.83. The molecule has 0 spiro atoms. The summed E-state index contributed by atoms with van der Waals surface area (Å²) in [7, 11) is 0. The molecule has 0 amide bonds. The monoisotopic (exact) mass is 311 g/mol. The molecule has 1 aromatic heterocycles. The molecule has 2 saturated heterocycles. The zero-order valence-corrected chi connectivity index (χ0v) is 14.4. The molecular weight excluding hydrogens is 282 g/mol. The number of hydrogen-bond donors (Lipinski definition) is 0. The highest BCUT2D eigenvalue weighted by Gasteiger charge is 2.28. The first-order chi connectivity index (χ1) is 11.3. The van der Waals surface area contributed by atoms with Gasteiger partial charge in [0.2, 0.25) is 0 Å². The van der Waals surface area contributed by atoms with Gasteiger partial charge in [-0.1, -0.05) is 12.5 Å². The van der Waals surface area contributed by atoms with Crippen LogP contribution in [-0.2, 0) is 13.1 Å². The van der Waals surface area contributed by atoms with Crippen molar-refractivity contribution >= 4 is 10.9 Å². The Morgan fingerprint density at radius 2 is 1.91 bits per heavy atom. The van der Waals surface area contributed by atoms with Crippen LogP contribution in [-0.4, -0.2) is 46.6 Å². The summed E-state index contributed by atoms with van der Waals surface area (Å²) < 4.78 is 2.32. The second-order valence-electron chi connectivity index (χ2n) is 7.27. The molecule has 3 nitrogen and oxygen atoms in total. The molecule has 0 unspecified atom stereocenters. The first-order valence-corrected chi connectivity index (χ1v) is 9.37. The van der Waals surface area contributed by atoms with Gasteiger partial charge in [0.15, 0.2) is 0 Å². The van der Waals surface area contributed by atoms with E-state index in [1.807, 2.05) is 0 Å². The second-order valence-corrected chi connectivity index (χ2v) is 7.27. The van der Waals surface area contributed by atoms with E-state index in [1.165, 1.54) is 68.3 Å². The molecule has 1 atom stereocenters. The van der Waals surface area contributed by atoms with Crippen LogP contribution >= 0.6 is 0 Å². The van der Waals surface area contributed by atoms with Crippen molar-refractivity contribution in [1.29, 1.82) is 0 Å². The molecular formula is C20H29N3. The Bertz CT molecular complexity index is 654. The van der Waals surface area contributed by atoms with Crippen LogP contribution in [0.3, 0.4) is 0 Å². The predicted molar refractivity (Wildman–Crippen MR) is 96.7 cm³/mol. The van der Waals surface area contributed by atoms with Crippen LogP contribution in [0.4, 0.5) is 0 Å². The normalized spacial score (nSPS) is 23.8. The maximum atomic E-state index is 2.74. The molecule has 0 radical (unpaired) electrons. The quantitative estimate of drug-likeness (QED) is 0.852. The SMILES string of the molecule is CCn1ccc2cc(CN3CC[C@H](N4CCCCC4)C3)ccc21. The predicted octanol–water partition coefficient (Wildman–Crippen LogP) is 3.72. The van der Waals surface area contributed by atoms with Gasteiger partial charge >= 0.3 is 0 Å². The fraction of sp³-hybridized carbons (Fsp3) is 0.600. The number of fused-ring (bicyclic) bond motifs is 1. The van der Waals surface area contributed by atoms with Gasteiger partial charge in [0.25, 0.3) is 0 Å². The number of aryl methyl sites for hydroxylation is 1. The van der Waals surface area contributed by atoms with Crippen molar-refractivity contribution < 1.29 is 0 Å². The Labute approximate surface area is 139 Å². The van der Waals surface area contributed by atoms with E-state index in [1.54, 1.807) is 0 Å². The minimum absolute atomic E-state index is 0.806. The first-order valence-electron chi connectivity index (χ1n) is 9.37. The van der Waals surface area contributed by atoms with Crippen molar-refractivity contribution in [2.75, 3.05) is 26.2 Å². The van der Waals surface area contributed by atoms with E-state index in [-0.39, 0.29) is 0 Å². The second kappa shape index (κ2) is 6.66. The summed E-state index contributed by atoms with van der Waals surface area (Å²) >= 11 is 0. The average molecular weight is 311 g/mol. The maximum Gasteiger partial charge on any atom is 0.0480 e. The fourth-order valence-electron chi connectivity index (χ4n) is 4.42. The summed E-state index contributed by atoms with van der Waals surface area (Å²) in [6.45, 7) is 9.54. The number of hydrogen-bond acceptors (Lipinski definition) is 2. The Balaban J connectivity index is 1.40. The first kappa shape index (κ1) is 15.2. The van der Waals surface area contributed by atoms with E-state index in [2.05, 4.69) is 51.8 Å². The minimum atomic E-state index is 0.806. The van der Waals surface area contributed by atoms with Crippen LogP contribution in [0.2, 0.25) is 0 Å². The Morgan fingerprint density at radius 1 is 1.04 bits per heavy atom. The van der Waals surface area contributed by atoms with E-state index >= 15 is 0 Å². The van der Waals surface area contributed by atoms with Gasteiger partial charge in [-0.3, -0.25) is 9.80 Å². The highest BCUT2D eigenvalue weighted by molar-refractivity contribution is 5.80. The van der Waals surface area contributed by atoms with Crippen LogP contribution in [0.25, 0.3) is 10.9 Å². The number of aromatic nitrogens is 1. The van der Waals surface area contributed by atoms with Crippen LogP contribution in [0.1, 0.15) is 38.2 Å². The lowest BCUT2D eigenvalue weighted by molar-refractivity contribution is 0.161. The molecule has 3 heterocycles. The molecule has 23 heavy (non-hydrogen) atoms. The van der Waals surface area contributed by atoms with Crippen molar-refractivity contribution in [1.82, 2.24) is 14.4 Å². The standard InChI is InChI=1S/C20H29N3/c1-2-22-13-8-18-14-17(6-7-20(18)22)15-21-12-9-19(16-21)23-10-4-3-5-11-23/h6-8,13-14,19H,2-5,9-12,15-16H2,1H3/t19-/m0/s1. The van der Waals surface area contributed by atoms with E-state index in [0.717, 1.165) is 19.1 Å². The Hall–Kier alpha value is -1.32.